The number of halogens is 1. The fraction of sp³-hybridized carbons (Fsp3) is 0.400. The maximum Gasteiger partial charge on any atom is 0.123 e. The molecular formula is C15H19FN2S. The van der Waals surface area contributed by atoms with Gasteiger partial charge >= 0.3 is 0 Å². The summed E-state index contributed by atoms with van der Waals surface area (Å²) >= 11 is 1.65. The molecule has 0 aliphatic rings. The fourth-order valence-electron chi connectivity index (χ4n) is 2.13. The van der Waals surface area contributed by atoms with Crippen molar-refractivity contribution in [2.24, 2.45) is 5.92 Å². The number of aromatic nitrogens is 1. The molecule has 19 heavy (non-hydrogen) atoms. The molecule has 1 aromatic heterocycles. The van der Waals surface area contributed by atoms with E-state index in [1.165, 1.54) is 12.1 Å². The van der Waals surface area contributed by atoms with E-state index >= 15 is 0 Å². The molecule has 2 atom stereocenters. The van der Waals surface area contributed by atoms with E-state index in [4.69, 9.17) is 0 Å². The maximum absolute atomic E-state index is 13.0. The van der Waals surface area contributed by atoms with Crippen molar-refractivity contribution >= 4 is 11.3 Å². The SMILES string of the molecule is CC(NC(c1ccc(F)cc1)C(C)C)c1nccs1. The molecule has 0 saturated heterocycles. The van der Waals surface area contributed by atoms with Crippen LogP contribution in [-0.4, -0.2) is 4.98 Å². The molecular weight excluding hydrogens is 259 g/mol. The smallest absolute Gasteiger partial charge is 0.123 e. The molecule has 2 aromatic rings. The zero-order valence-corrected chi connectivity index (χ0v) is 12.2. The van der Waals surface area contributed by atoms with E-state index in [2.05, 4.69) is 31.1 Å². The molecule has 0 aliphatic carbocycles. The van der Waals surface area contributed by atoms with Crippen LogP contribution in [0.2, 0.25) is 0 Å². The van der Waals surface area contributed by atoms with Crippen LogP contribution in [-0.2, 0) is 0 Å². The van der Waals surface area contributed by atoms with Gasteiger partial charge in [0.15, 0.2) is 0 Å². The van der Waals surface area contributed by atoms with Gasteiger partial charge in [0.2, 0.25) is 0 Å². The zero-order valence-electron chi connectivity index (χ0n) is 11.4. The van der Waals surface area contributed by atoms with Crippen molar-refractivity contribution in [2.45, 2.75) is 32.9 Å². The molecule has 1 N–H and O–H groups in total. The summed E-state index contributed by atoms with van der Waals surface area (Å²) in [7, 11) is 0. The highest BCUT2D eigenvalue weighted by Crippen LogP contribution is 2.26. The minimum Gasteiger partial charge on any atom is -0.301 e. The summed E-state index contributed by atoms with van der Waals surface area (Å²) < 4.78 is 13.0. The van der Waals surface area contributed by atoms with E-state index in [0.717, 1.165) is 10.6 Å². The van der Waals surface area contributed by atoms with Gasteiger partial charge in [-0.3, -0.25) is 0 Å². The van der Waals surface area contributed by atoms with Crippen LogP contribution >= 0.6 is 11.3 Å². The topological polar surface area (TPSA) is 24.9 Å². The standard InChI is InChI=1S/C15H19FN2S/c1-10(2)14(12-4-6-13(16)7-5-12)18-11(3)15-17-8-9-19-15/h4-11,14,18H,1-3H3. The Labute approximate surface area is 117 Å². The molecule has 1 aromatic carbocycles. The first-order valence-electron chi connectivity index (χ1n) is 6.49. The van der Waals surface area contributed by atoms with Crippen molar-refractivity contribution in [1.29, 1.82) is 0 Å². The summed E-state index contributed by atoms with van der Waals surface area (Å²) in [5, 5.41) is 6.64. The van der Waals surface area contributed by atoms with Crippen LogP contribution < -0.4 is 5.32 Å². The average molecular weight is 278 g/mol. The molecule has 0 radical (unpaired) electrons. The minimum atomic E-state index is -0.195. The number of rotatable bonds is 5. The van der Waals surface area contributed by atoms with Gasteiger partial charge in [-0.05, 0) is 30.5 Å². The van der Waals surface area contributed by atoms with Gasteiger partial charge in [0.25, 0.3) is 0 Å². The Morgan fingerprint density at radius 2 is 1.84 bits per heavy atom. The van der Waals surface area contributed by atoms with E-state index < -0.39 is 0 Å². The number of nitrogens with zero attached hydrogens (tertiary/aromatic N) is 1. The lowest BCUT2D eigenvalue weighted by Crippen LogP contribution is -2.28. The predicted molar refractivity (Wildman–Crippen MR) is 77.6 cm³/mol. The lowest BCUT2D eigenvalue weighted by atomic mass is 9.95. The van der Waals surface area contributed by atoms with Gasteiger partial charge in [-0.25, -0.2) is 9.37 Å². The molecule has 0 amide bonds. The highest BCUT2D eigenvalue weighted by atomic mass is 32.1. The summed E-state index contributed by atoms with van der Waals surface area (Å²) in [6.45, 7) is 6.43. The van der Waals surface area contributed by atoms with Gasteiger partial charge in [0.1, 0.15) is 10.8 Å². The van der Waals surface area contributed by atoms with Crippen molar-refractivity contribution < 1.29 is 4.39 Å². The van der Waals surface area contributed by atoms with Gasteiger partial charge in [0.05, 0.1) is 6.04 Å². The Bertz CT molecular complexity index is 493. The molecule has 2 nitrogen and oxygen atoms in total. The third-order valence-electron chi connectivity index (χ3n) is 3.15. The second kappa shape index (κ2) is 6.26. The summed E-state index contributed by atoms with van der Waals surface area (Å²) in [5.41, 5.74) is 1.11. The normalized spacial score (nSPS) is 14.6. The molecule has 2 unspecified atom stereocenters. The second-order valence-electron chi connectivity index (χ2n) is 5.03. The largest absolute Gasteiger partial charge is 0.301 e. The molecule has 4 heteroatoms. The first kappa shape index (κ1) is 14.2. The van der Waals surface area contributed by atoms with E-state index in [9.17, 15) is 4.39 Å². The predicted octanol–water partition coefficient (Wildman–Crippen LogP) is 4.33. The molecule has 102 valence electrons. The van der Waals surface area contributed by atoms with Crippen molar-refractivity contribution in [2.75, 3.05) is 0 Å². The van der Waals surface area contributed by atoms with Gasteiger partial charge in [0, 0.05) is 17.6 Å². The Morgan fingerprint density at radius 1 is 1.16 bits per heavy atom. The number of hydrogen-bond donors (Lipinski definition) is 1. The summed E-state index contributed by atoms with van der Waals surface area (Å²) in [6, 6.07) is 7.11. The van der Waals surface area contributed by atoms with Crippen LogP contribution in [0, 0.1) is 11.7 Å². The van der Waals surface area contributed by atoms with Crippen molar-refractivity contribution in [1.82, 2.24) is 10.3 Å². The molecule has 0 spiro atoms. The van der Waals surface area contributed by atoms with Gasteiger partial charge in [-0.1, -0.05) is 26.0 Å². The van der Waals surface area contributed by atoms with Gasteiger partial charge < -0.3 is 5.32 Å². The fourth-order valence-corrected chi connectivity index (χ4v) is 2.79. The lowest BCUT2D eigenvalue weighted by molar-refractivity contribution is 0.373. The van der Waals surface area contributed by atoms with Crippen LogP contribution in [0.15, 0.2) is 35.8 Å². The Kier molecular flexibility index (Phi) is 4.66. The van der Waals surface area contributed by atoms with Crippen molar-refractivity contribution in [3.8, 4) is 0 Å². The molecule has 1 heterocycles. The highest BCUT2D eigenvalue weighted by molar-refractivity contribution is 7.09. The molecule has 0 fully saturated rings. The summed E-state index contributed by atoms with van der Waals surface area (Å²) in [4.78, 5) is 4.33. The Morgan fingerprint density at radius 3 is 2.37 bits per heavy atom. The Balaban J connectivity index is 2.14. The van der Waals surface area contributed by atoms with E-state index in [1.807, 2.05) is 23.7 Å². The number of benzene rings is 1. The second-order valence-corrected chi connectivity index (χ2v) is 5.96. The van der Waals surface area contributed by atoms with Crippen LogP contribution in [0.4, 0.5) is 4.39 Å². The zero-order chi connectivity index (χ0) is 13.8. The summed E-state index contributed by atoms with van der Waals surface area (Å²) in [6.07, 6.45) is 1.82. The maximum atomic E-state index is 13.0. The third-order valence-corrected chi connectivity index (χ3v) is 4.11. The van der Waals surface area contributed by atoms with Crippen molar-refractivity contribution in [3.63, 3.8) is 0 Å². The molecule has 0 bridgehead atoms. The minimum absolute atomic E-state index is 0.192. The van der Waals surface area contributed by atoms with Crippen LogP contribution in [0.5, 0.6) is 0 Å². The van der Waals surface area contributed by atoms with Crippen LogP contribution in [0.25, 0.3) is 0 Å². The molecule has 0 saturated carbocycles. The first-order chi connectivity index (χ1) is 9.08. The summed E-state index contributed by atoms with van der Waals surface area (Å²) in [5.74, 6) is 0.229. The van der Waals surface area contributed by atoms with Crippen molar-refractivity contribution in [3.05, 3.63) is 52.2 Å². The van der Waals surface area contributed by atoms with Gasteiger partial charge in [-0.2, -0.15) is 0 Å². The average Bonchev–Trinajstić information content (AvgIpc) is 2.90. The van der Waals surface area contributed by atoms with Gasteiger partial charge in [-0.15, -0.1) is 11.3 Å². The van der Waals surface area contributed by atoms with Crippen LogP contribution in [0.1, 0.15) is 43.4 Å². The van der Waals surface area contributed by atoms with E-state index in [-0.39, 0.29) is 17.9 Å². The van der Waals surface area contributed by atoms with E-state index in [0.29, 0.717) is 5.92 Å². The van der Waals surface area contributed by atoms with E-state index in [1.54, 1.807) is 11.3 Å². The monoisotopic (exact) mass is 278 g/mol. The number of nitrogens with one attached hydrogen (secondary N) is 1. The number of thiazole rings is 1. The lowest BCUT2D eigenvalue weighted by Gasteiger charge is -2.26. The number of hydrogen-bond acceptors (Lipinski definition) is 3. The highest BCUT2D eigenvalue weighted by Gasteiger charge is 2.19. The van der Waals surface area contributed by atoms with Crippen LogP contribution in [0.3, 0.4) is 0 Å². The first-order valence-corrected chi connectivity index (χ1v) is 7.37. The Hall–Kier alpha value is -1.26. The third kappa shape index (κ3) is 3.61. The quantitative estimate of drug-likeness (QED) is 0.880. The molecule has 0 aliphatic heterocycles. The molecule has 2 rings (SSSR count).